The second-order valence-electron chi connectivity index (χ2n) is 8.37. The predicted octanol–water partition coefficient (Wildman–Crippen LogP) is 2.78. The molecule has 0 bridgehead atoms. The topological polar surface area (TPSA) is 91.1 Å². The van der Waals surface area contributed by atoms with Gasteiger partial charge in [-0.25, -0.2) is 8.42 Å². The van der Waals surface area contributed by atoms with Crippen molar-refractivity contribution in [2.24, 2.45) is 0 Å². The summed E-state index contributed by atoms with van der Waals surface area (Å²) < 4.78 is 32.4. The number of benzene rings is 1. The van der Waals surface area contributed by atoms with Crippen molar-refractivity contribution in [2.75, 3.05) is 31.6 Å². The zero-order chi connectivity index (χ0) is 22.7. The van der Waals surface area contributed by atoms with Crippen LogP contribution in [0.25, 0.3) is 0 Å². The third-order valence-electron chi connectivity index (χ3n) is 6.18. The number of rotatable bonds is 7. The minimum Gasteiger partial charge on any atom is -0.468 e. The molecule has 0 spiro atoms. The molecule has 0 saturated carbocycles. The van der Waals surface area contributed by atoms with Gasteiger partial charge in [0.2, 0.25) is 21.8 Å². The largest absolute Gasteiger partial charge is 0.468 e. The van der Waals surface area contributed by atoms with Gasteiger partial charge in [-0.1, -0.05) is 0 Å². The van der Waals surface area contributed by atoms with Crippen LogP contribution in [0.3, 0.4) is 0 Å². The lowest BCUT2D eigenvalue weighted by Crippen LogP contribution is -2.37. The molecule has 2 aromatic rings. The van der Waals surface area contributed by atoms with Crippen molar-refractivity contribution in [3.63, 3.8) is 0 Å². The Labute approximate surface area is 188 Å². The van der Waals surface area contributed by atoms with E-state index in [-0.39, 0.29) is 36.1 Å². The first-order valence-electron chi connectivity index (χ1n) is 11.1. The van der Waals surface area contributed by atoms with Crippen LogP contribution in [0.5, 0.6) is 0 Å². The highest BCUT2D eigenvalue weighted by Crippen LogP contribution is 2.32. The number of carbonyl (C=O) groups excluding carboxylic acids is 2. The highest BCUT2D eigenvalue weighted by molar-refractivity contribution is 7.89. The lowest BCUT2D eigenvalue weighted by atomic mass is 10.1. The van der Waals surface area contributed by atoms with Crippen molar-refractivity contribution in [3.05, 3.63) is 47.9 Å². The average Bonchev–Trinajstić information content (AvgIpc) is 3.47. The van der Waals surface area contributed by atoms with Crippen LogP contribution in [0.2, 0.25) is 0 Å². The van der Waals surface area contributed by atoms with Crippen molar-refractivity contribution < 1.29 is 22.4 Å². The molecule has 4 rings (SSSR count). The number of hydrogen-bond acceptors (Lipinski definition) is 5. The Morgan fingerprint density at radius 1 is 1.03 bits per heavy atom. The van der Waals surface area contributed by atoms with Gasteiger partial charge in [-0.05, 0) is 61.6 Å². The van der Waals surface area contributed by atoms with Crippen LogP contribution in [0.4, 0.5) is 5.69 Å². The number of anilines is 1. The fourth-order valence-corrected chi connectivity index (χ4v) is 5.52. The Morgan fingerprint density at radius 2 is 1.78 bits per heavy atom. The Balaban J connectivity index is 1.40. The molecule has 0 atom stereocenters. The van der Waals surface area contributed by atoms with Gasteiger partial charge in [-0.3, -0.25) is 9.59 Å². The molecule has 3 heterocycles. The normalized spacial score (nSPS) is 16.4. The summed E-state index contributed by atoms with van der Waals surface area (Å²) in [4.78, 5) is 28.9. The first-order valence-corrected chi connectivity index (χ1v) is 12.5. The summed E-state index contributed by atoms with van der Waals surface area (Å²) in [5.74, 6) is 0.506. The number of furan rings is 1. The smallest absolute Gasteiger partial charge is 0.243 e. The third kappa shape index (κ3) is 4.73. The van der Waals surface area contributed by atoms with E-state index in [9.17, 15) is 18.0 Å². The number of piperidine rings is 1. The fraction of sp³-hybridized carbons (Fsp3) is 0.478. The second-order valence-corrected chi connectivity index (χ2v) is 10.4. The number of hydrogen-bond donors (Lipinski definition) is 0. The van der Waals surface area contributed by atoms with Gasteiger partial charge in [0.25, 0.3) is 0 Å². The van der Waals surface area contributed by atoms with Crippen LogP contribution in [-0.2, 0) is 32.6 Å². The molecule has 9 heteroatoms. The Morgan fingerprint density at radius 3 is 2.50 bits per heavy atom. The van der Waals surface area contributed by atoms with Gasteiger partial charge in [0.1, 0.15) is 5.76 Å². The van der Waals surface area contributed by atoms with Crippen molar-refractivity contribution in [3.8, 4) is 0 Å². The molecule has 0 N–H and O–H groups in total. The summed E-state index contributed by atoms with van der Waals surface area (Å²) in [6.07, 6.45) is 5.70. The van der Waals surface area contributed by atoms with Gasteiger partial charge >= 0.3 is 0 Å². The van der Waals surface area contributed by atoms with E-state index in [0.29, 0.717) is 18.7 Å². The maximum Gasteiger partial charge on any atom is 0.243 e. The predicted molar refractivity (Wildman–Crippen MR) is 120 cm³/mol. The second kappa shape index (κ2) is 9.46. The summed E-state index contributed by atoms with van der Waals surface area (Å²) in [7, 11) is -2.17. The van der Waals surface area contributed by atoms with Gasteiger partial charge < -0.3 is 14.2 Å². The van der Waals surface area contributed by atoms with Crippen LogP contribution in [0.1, 0.15) is 43.4 Å². The molecule has 1 aromatic heterocycles. The van der Waals surface area contributed by atoms with Crippen LogP contribution in [0.15, 0.2) is 45.9 Å². The SMILES string of the molecule is CN(Cc1ccco1)S(=O)(=O)c1ccc2c(c1)CCN2C(=O)CCC(=O)N1CCCCC1. The molecule has 0 radical (unpaired) electrons. The summed E-state index contributed by atoms with van der Waals surface area (Å²) in [6.45, 7) is 2.20. The molecular formula is C23H29N3O5S. The van der Waals surface area contributed by atoms with Crippen molar-refractivity contribution in [1.82, 2.24) is 9.21 Å². The summed E-state index contributed by atoms with van der Waals surface area (Å²) in [6, 6.07) is 8.33. The summed E-state index contributed by atoms with van der Waals surface area (Å²) in [5.41, 5.74) is 1.56. The molecule has 2 aliphatic rings. The number of fused-ring (bicyclic) bond motifs is 1. The van der Waals surface area contributed by atoms with Crippen LogP contribution in [-0.4, -0.2) is 56.1 Å². The van der Waals surface area contributed by atoms with Crippen LogP contribution < -0.4 is 4.90 Å². The molecule has 1 aromatic carbocycles. The van der Waals surface area contributed by atoms with E-state index in [1.54, 1.807) is 29.2 Å². The monoisotopic (exact) mass is 459 g/mol. The van der Waals surface area contributed by atoms with Crippen LogP contribution >= 0.6 is 0 Å². The fourth-order valence-electron chi connectivity index (χ4n) is 4.33. The first-order chi connectivity index (χ1) is 15.4. The number of sulfonamides is 1. The summed E-state index contributed by atoms with van der Waals surface area (Å²) >= 11 is 0. The average molecular weight is 460 g/mol. The van der Waals surface area contributed by atoms with Crippen molar-refractivity contribution in [1.29, 1.82) is 0 Å². The third-order valence-corrected chi connectivity index (χ3v) is 7.98. The number of carbonyl (C=O) groups is 2. The van der Waals surface area contributed by atoms with E-state index >= 15 is 0 Å². The lowest BCUT2D eigenvalue weighted by Gasteiger charge is -2.27. The maximum absolute atomic E-state index is 13.0. The molecule has 2 aliphatic heterocycles. The quantitative estimate of drug-likeness (QED) is 0.635. The standard InChI is InChI=1S/C23H29N3O5S/c1-24(17-19-6-5-15-31-19)32(29,30)20-7-8-21-18(16-20)11-14-26(21)23(28)10-9-22(27)25-12-3-2-4-13-25/h5-8,15-16H,2-4,9-14,17H2,1H3. The van der Waals surface area contributed by atoms with Gasteiger partial charge in [-0.15, -0.1) is 0 Å². The van der Waals surface area contributed by atoms with Gasteiger partial charge in [0.15, 0.2) is 0 Å². The molecule has 8 nitrogen and oxygen atoms in total. The van der Waals surface area contributed by atoms with E-state index in [0.717, 1.165) is 43.6 Å². The molecule has 0 unspecified atom stereocenters. The van der Waals surface area contributed by atoms with Gasteiger partial charge in [-0.2, -0.15) is 4.31 Å². The lowest BCUT2D eigenvalue weighted by molar-refractivity contribution is -0.133. The van der Waals surface area contributed by atoms with Crippen molar-refractivity contribution in [2.45, 2.75) is 50.0 Å². The first kappa shape index (κ1) is 22.5. The Hall–Kier alpha value is -2.65. The van der Waals surface area contributed by atoms with E-state index < -0.39 is 10.0 Å². The number of nitrogens with zero attached hydrogens (tertiary/aromatic N) is 3. The Kier molecular flexibility index (Phi) is 6.66. The van der Waals surface area contributed by atoms with Crippen molar-refractivity contribution >= 4 is 27.5 Å². The maximum atomic E-state index is 13.0. The molecule has 1 fully saturated rings. The van der Waals surface area contributed by atoms with Gasteiger partial charge in [0.05, 0.1) is 17.7 Å². The summed E-state index contributed by atoms with van der Waals surface area (Å²) in [5, 5.41) is 0. The molecular weight excluding hydrogens is 430 g/mol. The number of amides is 2. The van der Waals surface area contributed by atoms with E-state index in [1.165, 1.54) is 23.7 Å². The van der Waals surface area contributed by atoms with E-state index in [1.807, 2.05) is 4.90 Å². The highest BCUT2D eigenvalue weighted by atomic mass is 32.2. The molecule has 1 saturated heterocycles. The zero-order valence-electron chi connectivity index (χ0n) is 18.3. The molecule has 32 heavy (non-hydrogen) atoms. The highest BCUT2D eigenvalue weighted by Gasteiger charge is 2.29. The Bertz CT molecular complexity index is 1080. The molecule has 0 aliphatic carbocycles. The zero-order valence-corrected chi connectivity index (χ0v) is 19.1. The van der Waals surface area contributed by atoms with Gasteiger partial charge in [0, 0.05) is 45.2 Å². The minimum atomic E-state index is -3.69. The minimum absolute atomic E-state index is 0.0403. The van der Waals surface area contributed by atoms with E-state index in [4.69, 9.17) is 4.42 Å². The van der Waals surface area contributed by atoms with E-state index in [2.05, 4.69) is 0 Å². The number of likely N-dealkylation sites (tertiary alicyclic amines) is 1. The molecule has 172 valence electrons. The van der Waals surface area contributed by atoms with Crippen LogP contribution in [0, 0.1) is 0 Å². The molecule has 2 amide bonds.